The van der Waals surface area contributed by atoms with Crippen LogP contribution in [-0.2, 0) is 5.41 Å². The van der Waals surface area contributed by atoms with E-state index in [1.54, 1.807) is 11.8 Å². The van der Waals surface area contributed by atoms with E-state index in [0.717, 1.165) is 29.1 Å². The maximum Gasteiger partial charge on any atom is 0.179 e. The largest absolute Gasteiger partial charge is 0.345 e. The smallest absolute Gasteiger partial charge is 0.179 e. The zero-order chi connectivity index (χ0) is 13.2. The van der Waals surface area contributed by atoms with Gasteiger partial charge in [-0.15, -0.1) is 10.2 Å². The molecule has 3 heterocycles. The highest BCUT2D eigenvalue weighted by Crippen LogP contribution is 2.48. The number of aromatic nitrogens is 5. The molecule has 1 N–H and O–H groups in total. The summed E-state index contributed by atoms with van der Waals surface area (Å²) >= 11 is 0. The predicted octanol–water partition coefficient (Wildman–Crippen LogP) is 2.75. The van der Waals surface area contributed by atoms with E-state index in [9.17, 15) is 0 Å². The molecule has 0 atom stereocenters. The maximum atomic E-state index is 4.55. The van der Waals surface area contributed by atoms with Crippen molar-refractivity contribution in [3.8, 4) is 0 Å². The summed E-state index contributed by atoms with van der Waals surface area (Å²) in [5, 5.41) is 8.90. The lowest BCUT2D eigenvalue weighted by Gasteiger charge is -2.40. The van der Waals surface area contributed by atoms with E-state index in [1.165, 1.54) is 25.7 Å². The van der Waals surface area contributed by atoms with Crippen LogP contribution in [0.4, 0.5) is 0 Å². The van der Waals surface area contributed by atoms with Gasteiger partial charge in [-0.05, 0) is 38.2 Å². The highest BCUT2D eigenvalue weighted by Gasteiger charge is 2.41. The van der Waals surface area contributed by atoms with Gasteiger partial charge in [-0.1, -0.05) is 11.6 Å². The molecule has 2 bridgehead atoms. The van der Waals surface area contributed by atoms with Crippen LogP contribution in [0.15, 0.2) is 30.1 Å². The SMILES string of the molecule is C1=C2CCC(c3nnc4cnc5[nH]ccc5n34)(C1)CC2. The lowest BCUT2D eigenvalue weighted by atomic mass is 9.65. The van der Waals surface area contributed by atoms with Crippen LogP contribution in [0.5, 0.6) is 0 Å². The molecule has 100 valence electrons. The van der Waals surface area contributed by atoms with Gasteiger partial charge in [0, 0.05) is 11.6 Å². The van der Waals surface area contributed by atoms with Gasteiger partial charge < -0.3 is 4.98 Å². The Morgan fingerprint density at radius 1 is 1.20 bits per heavy atom. The fourth-order valence-electron chi connectivity index (χ4n) is 3.83. The fourth-order valence-corrected chi connectivity index (χ4v) is 3.83. The van der Waals surface area contributed by atoms with Gasteiger partial charge in [-0.3, -0.25) is 4.40 Å². The monoisotopic (exact) mass is 265 g/mol. The van der Waals surface area contributed by atoms with E-state index in [-0.39, 0.29) is 5.41 Å². The van der Waals surface area contributed by atoms with Crippen molar-refractivity contribution in [2.75, 3.05) is 0 Å². The number of fused-ring (bicyclic) bond motifs is 6. The van der Waals surface area contributed by atoms with E-state index < -0.39 is 0 Å². The van der Waals surface area contributed by atoms with Crippen LogP contribution >= 0.6 is 0 Å². The molecule has 0 amide bonds. The molecule has 3 aromatic heterocycles. The van der Waals surface area contributed by atoms with Crippen molar-refractivity contribution in [2.24, 2.45) is 0 Å². The lowest BCUT2D eigenvalue weighted by molar-refractivity contribution is 0.291. The topological polar surface area (TPSA) is 58.9 Å². The molecule has 3 aromatic rings. The number of nitrogens with one attached hydrogen (secondary N) is 1. The molecule has 0 saturated heterocycles. The van der Waals surface area contributed by atoms with Gasteiger partial charge in [0.25, 0.3) is 0 Å². The molecule has 5 nitrogen and oxygen atoms in total. The Balaban J connectivity index is 1.84. The Morgan fingerprint density at radius 2 is 2.10 bits per heavy atom. The number of hydrogen-bond donors (Lipinski definition) is 1. The zero-order valence-electron chi connectivity index (χ0n) is 11.1. The summed E-state index contributed by atoms with van der Waals surface area (Å²) < 4.78 is 2.20. The number of hydrogen-bond acceptors (Lipinski definition) is 3. The first-order chi connectivity index (χ1) is 9.86. The van der Waals surface area contributed by atoms with Crippen molar-refractivity contribution in [1.82, 2.24) is 24.6 Å². The molecular weight excluding hydrogens is 250 g/mol. The Kier molecular flexibility index (Phi) is 1.84. The third kappa shape index (κ3) is 1.20. The molecule has 3 aliphatic carbocycles. The van der Waals surface area contributed by atoms with Crippen molar-refractivity contribution >= 4 is 16.8 Å². The third-order valence-corrected chi connectivity index (χ3v) is 5.05. The maximum absolute atomic E-state index is 4.55. The molecule has 1 saturated carbocycles. The van der Waals surface area contributed by atoms with E-state index in [0.29, 0.717) is 0 Å². The molecule has 1 fully saturated rings. The molecule has 6 rings (SSSR count). The first-order valence-corrected chi connectivity index (χ1v) is 7.21. The van der Waals surface area contributed by atoms with Crippen LogP contribution < -0.4 is 0 Å². The summed E-state index contributed by atoms with van der Waals surface area (Å²) in [5.74, 6) is 1.12. The van der Waals surface area contributed by atoms with E-state index in [4.69, 9.17) is 0 Å². The van der Waals surface area contributed by atoms with Crippen molar-refractivity contribution in [2.45, 2.75) is 37.5 Å². The Labute approximate surface area is 115 Å². The van der Waals surface area contributed by atoms with Gasteiger partial charge >= 0.3 is 0 Å². The van der Waals surface area contributed by atoms with Gasteiger partial charge in [0.1, 0.15) is 5.82 Å². The van der Waals surface area contributed by atoms with Crippen LogP contribution in [0.2, 0.25) is 0 Å². The Morgan fingerprint density at radius 3 is 2.90 bits per heavy atom. The second kappa shape index (κ2) is 3.48. The molecule has 20 heavy (non-hydrogen) atoms. The normalized spacial score (nSPS) is 20.7. The molecule has 0 aliphatic heterocycles. The minimum atomic E-state index is 0.173. The minimum Gasteiger partial charge on any atom is -0.345 e. The second-order valence-electron chi connectivity index (χ2n) is 6.03. The molecule has 3 aliphatic rings. The van der Waals surface area contributed by atoms with Gasteiger partial charge in [-0.2, -0.15) is 0 Å². The first kappa shape index (κ1) is 10.6. The van der Waals surface area contributed by atoms with Crippen LogP contribution in [0.1, 0.15) is 37.9 Å². The van der Waals surface area contributed by atoms with Crippen LogP contribution in [0, 0.1) is 0 Å². The fraction of sp³-hybridized carbons (Fsp3) is 0.400. The standard InChI is InChI=1S/C15H15N5/c1-5-15(6-2-10(1)3-7-15)14-19-18-12-9-17-13-11(20(12)14)4-8-16-13/h1,4,8-9,16H,2-3,5-7H2. The highest BCUT2D eigenvalue weighted by atomic mass is 15.3. The minimum absolute atomic E-state index is 0.173. The average molecular weight is 265 g/mol. The summed E-state index contributed by atoms with van der Waals surface area (Å²) in [5.41, 5.74) is 4.64. The van der Waals surface area contributed by atoms with E-state index in [1.807, 2.05) is 6.20 Å². The number of aromatic amines is 1. The highest BCUT2D eigenvalue weighted by molar-refractivity contribution is 5.74. The lowest BCUT2D eigenvalue weighted by Crippen LogP contribution is -2.34. The Hall–Kier alpha value is -2.17. The summed E-state index contributed by atoms with van der Waals surface area (Å²) in [4.78, 5) is 7.57. The van der Waals surface area contributed by atoms with Gasteiger partial charge in [0.2, 0.25) is 0 Å². The zero-order valence-corrected chi connectivity index (χ0v) is 11.1. The van der Waals surface area contributed by atoms with Crippen molar-refractivity contribution < 1.29 is 0 Å². The summed E-state index contributed by atoms with van der Waals surface area (Å²) in [7, 11) is 0. The molecule has 0 spiro atoms. The van der Waals surface area contributed by atoms with Crippen LogP contribution in [0.3, 0.4) is 0 Å². The summed E-state index contributed by atoms with van der Waals surface area (Å²) in [6.45, 7) is 0. The third-order valence-electron chi connectivity index (χ3n) is 5.05. The van der Waals surface area contributed by atoms with Crippen LogP contribution in [0.25, 0.3) is 16.8 Å². The molecule has 5 heteroatoms. The van der Waals surface area contributed by atoms with Gasteiger partial charge in [-0.25, -0.2) is 4.98 Å². The van der Waals surface area contributed by atoms with Crippen molar-refractivity contribution in [1.29, 1.82) is 0 Å². The van der Waals surface area contributed by atoms with Gasteiger partial charge in [0.05, 0.1) is 11.7 Å². The average Bonchev–Trinajstić information content (AvgIpc) is 3.15. The van der Waals surface area contributed by atoms with E-state index >= 15 is 0 Å². The molecule has 0 radical (unpaired) electrons. The Bertz CT molecular complexity index is 844. The molecule has 0 aromatic carbocycles. The number of H-pyrrole nitrogens is 1. The van der Waals surface area contributed by atoms with E-state index in [2.05, 4.69) is 36.7 Å². The molecule has 0 unspecified atom stereocenters. The second-order valence-corrected chi connectivity index (χ2v) is 6.03. The van der Waals surface area contributed by atoms with Gasteiger partial charge in [0.15, 0.2) is 11.3 Å². The summed E-state index contributed by atoms with van der Waals surface area (Å²) in [6, 6.07) is 2.06. The number of rotatable bonds is 1. The predicted molar refractivity (Wildman–Crippen MR) is 75.5 cm³/mol. The first-order valence-electron chi connectivity index (χ1n) is 7.21. The van der Waals surface area contributed by atoms with Crippen molar-refractivity contribution in [3.05, 3.63) is 35.9 Å². The molecular formula is C15H15N5. The summed E-state index contributed by atoms with van der Waals surface area (Å²) in [6.07, 6.45) is 12.1. The quantitative estimate of drug-likeness (QED) is 0.688. The van der Waals surface area contributed by atoms with Crippen LogP contribution in [-0.4, -0.2) is 24.6 Å². The van der Waals surface area contributed by atoms with Crippen molar-refractivity contribution in [3.63, 3.8) is 0 Å². The number of nitrogens with zero attached hydrogens (tertiary/aromatic N) is 4. The number of allylic oxidation sites excluding steroid dienone is 2.